The van der Waals surface area contributed by atoms with Gasteiger partial charge in [0.15, 0.2) is 5.76 Å². The third kappa shape index (κ3) is 3.45. The van der Waals surface area contributed by atoms with Crippen LogP contribution in [0.1, 0.15) is 41.1 Å². The summed E-state index contributed by atoms with van der Waals surface area (Å²) in [6, 6.07) is 6.16. The van der Waals surface area contributed by atoms with Crippen LogP contribution in [0.3, 0.4) is 0 Å². The van der Waals surface area contributed by atoms with Gasteiger partial charge in [0, 0.05) is 6.54 Å². The van der Waals surface area contributed by atoms with Crippen LogP contribution in [0.2, 0.25) is 0 Å². The summed E-state index contributed by atoms with van der Waals surface area (Å²) in [7, 11) is 0. The van der Waals surface area contributed by atoms with Gasteiger partial charge in [0.1, 0.15) is 17.6 Å². The molecule has 0 spiro atoms. The average molecular weight is 375 g/mol. The van der Waals surface area contributed by atoms with Crippen molar-refractivity contribution in [3.05, 3.63) is 57.4 Å². The van der Waals surface area contributed by atoms with Crippen LogP contribution in [-0.4, -0.2) is 41.0 Å². The quantitative estimate of drug-likeness (QED) is 0.747. The van der Waals surface area contributed by atoms with Crippen LogP contribution in [0.4, 0.5) is 0 Å². The molecule has 0 aromatic carbocycles. The molecule has 3 rings (SSSR count). The number of furan rings is 1. The number of amides is 1. The standard InChI is InChI=1S/C19H21NO5S/c1-11(2)24-9-8-20-16(13-7-6-12(3)25-13)15(18(22)19(20)23)17(21)14-5-4-10-26-14/h4-7,10-11,16,22H,8-9H2,1-3H3. The molecule has 1 unspecified atom stereocenters. The minimum atomic E-state index is -0.762. The minimum absolute atomic E-state index is 0.0192. The Labute approximate surface area is 155 Å². The van der Waals surface area contributed by atoms with Crippen LogP contribution < -0.4 is 0 Å². The number of nitrogens with zero attached hydrogens (tertiary/aromatic N) is 1. The van der Waals surface area contributed by atoms with Crippen LogP contribution >= 0.6 is 11.3 Å². The summed E-state index contributed by atoms with van der Waals surface area (Å²) in [5, 5.41) is 12.2. The molecule has 3 heterocycles. The predicted molar refractivity (Wildman–Crippen MR) is 97.3 cm³/mol. The molecule has 6 nitrogen and oxygen atoms in total. The summed E-state index contributed by atoms with van der Waals surface area (Å²) >= 11 is 1.27. The number of aliphatic hydroxyl groups is 1. The third-order valence-electron chi connectivity index (χ3n) is 4.11. The largest absolute Gasteiger partial charge is 0.503 e. The number of ether oxygens (including phenoxy) is 1. The highest BCUT2D eigenvalue weighted by Gasteiger charge is 2.45. The lowest BCUT2D eigenvalue weighted by Gasteiger charge is -2.25. The number of ketones is 1. The Kier molecular flexibility index (Phi) is 5.29. The van der Waals surface area contributed by atoms with E-state index in [2.05, 4.69) is 0 Å². The van der Waals surface area contributed by atoms with Crippen molar-refractivity contribution in [2.24, 2.45) is 0 Å². The first-order chi connectivity index (χ1) is 12.4. The van der Waals surface area contributed by atoms with Gasteiger partial charge in [0.2, 0.25) is 5.78 Å². The van der Waals surface area contributed by atoms with Gasteiger partial charge in [-0.05, 0) is 44.4 Å². The Morgan fingerprint density at radius 3 is 2.73 bits per heavy atom. The Morgan fingerprint density at radius 2 is 2.15 bits per heavy atom. The van der Waals surface area contributed by atoms with E-state index in [4.69, 9.17) is 9.15 Å². The van der Waals surface area contributed by atoms with Gasteiger partial charge in [0.25, 0.3) is 5.91 Å². The molecule has 138 valence electrons. The number of carbonyl (C=O) groups is 2. The second-order valence-electron chi connectivity index (χ2n) is 6.34. The summed E-state index contributed by atoms with van der Waals surface area (Å²) in [5.41, 5.74) is 0.0522. The molecule has 1 amide bonds. The molecule has 0 bridgehead atoms. The molecule has 0 fully saturated rings. The zero-order valence-electron chi connectivity index (χ0n) is 14.9. The number of rotatable bonds is 7. The van der Waals surface area contributed by atoms with E-state index in [1.807, 2.05) is 13.8 Å². The van der Waals surface area contributed by atoms with E-state index < -0.39 is 17.7 Å². The first kappa shape index (κ1) is 18.4. The summed E-state index contributed by atoms with van der Waals surface area (Å²) < 4.78 is 11.2. The van der Waals surface area contributed by atoms with Crippen LogP contribution in [0.5, 0.6) is 0 Å². The third-order valence-corrected chi connectivity index (χ3v) is 4.98. The van der Waals surface area contributed by atoms with Gasteiger partial charge in [-0.2, -0.15) is 0 Å². The topological polar surface area (TPSA) is 80.0 Å². The van der Waals surface area contributed by atoms with Crippen LogP contribution in [0, 0.1) is 6.92 Å². The van der Waals surface area contributed by atoms with Crippen LogP contribution in [0.25, 0.3) is 0 Å². The summed E-state index contributed by atoms with van der Waals surface area (Å²) in [5.74, 6) is -0.356. The van der Waals surface area contributed by atoms with Gasteiger partial charge >= 0.3 is 0 Å². The zero-order chi connectivity index (χ0) is 18.8. The first-order valence-corrected chi connectivity index (χ1v) is 9.28. The Morgan fingerprint density at radius 1 is 1.38 bits per heavy atom. The van der Waals surface area contributed by atoms with Crippen molar-refractivity contribution in [3.63, 3.8) is 0 Å². The normalized spacial score (nSPS) is 17.6. The van der Waals surface area contributed by atoms with E-state index in [0.29, 0.717) is 23.0 Å². The van der Waals surface area contributed by atoms with Crippen molar-refractivity contribution in [2.75, 3.05) is 13.2 Å². The molecule has 1 aliphatic heterocycles. The number of thiophene rings is 1. The molecule has 1 aliphatic rings. The van der Waals surface area contributed by atoms with E-state index in [0.717, 1.165) is 0 Å². The lowest BCUT2D eigenvalue weighted by Crippen LogP contribution is -2.34. The first-order valence-electron chi connectivity index (χ1n) is 8.40. The van der Waals surface area contributed by atoms with Crippen molar-refractivity contribution in [1.29, 1.82) is 0 Å². The smallest absolute Gasteiger partial charge is 0.290 e. The molecule has 26 heavy (non-hydrogen) atoms. The minimum Gasteiger partial charge on any atom is -0.503 e. The van der Waals surface area contributed by atoms with Crippen LogP contribution in [0.15, 0.2) is 45.4 Å². The molecular formula is C19H21NO5S. The maximum Gasteiger partial charge on any atom is 0.290 e. The molecule has 7 heteroatoms. The second-order valence-corrected chi connectivity index (χ2v) is 7.29. The van der Waals surface area contributed by atoms with E-state index in [1.54, 1.807) is 36.6 Å². The fraction of sp³-hybridized carbons (Fsp3) is 0.368. The predicted octanol–water partition coefficient (Wildman–Crippen LogP) is 3.65. The van der Waals surface area contributed by atoms with Gasteiger partial charge in [-0.3, -0.25) is 9.59 Å². The summed E-state index contributed by atoms with van der Waals surface area (Å²) in [6.45, 7) is 6.14. The van der Waals surface area contributed by atoms with Gasteiger partial charge in [0.05, 0.1) is 23.2 Å². The number of hydrogen-bond donors (Lipinski definition) is 1. The van der Waals surface area contributed by atoms with Crippen molar-refractivity contribution >= 4 is 23.0 Å². The van der Waals surface area contributed by atoms with Crippen LogP contribution in [-0.2, 0) is 9.53 Å². The lowest BCUT2D eigenvalue weighted by molar-refractivity contribution is -0.130. The number of hydrogen-bond acceptors (Lipinski definition) is 6. The van der Waals surface area contributed by atoms with Crippen molar-refractivity contribution in [3.8, 4) is 0 Å². The van der Waals surface area contributed by atoms with Gasteiger partial charge < -0.3 is 19.2 Å². The van der Waals surface area contributed by atoms with Crippen molar-refractivity contribution in [2.45, 2.75) is 32.9 Å². The molecule has 0 saturated carbocycles. The molecule has 0 radical (unpaired) electrons. The van der Waals surface area contributed by atoms with E-state index in [-0.39, 0.29) is 24.0 Å². The van der Waals surface area contributed by atoms with Gasteiger partial charge in [-0.25, -0.2) is 0 Å². The zero-order valence-corrected chi connectivity index (χ0v) is 15.7. The highest BCUT2D eigenvalue weighted by molar-refractivity contribution is 7.12. The maximum atomic E-state index is 12.9. The van der Waals surface area contributed by atoms with Gasteiger partial charge in [-0.1, -0.05) is 6.07 Å². The maximum absolute atomic E-state index is 12.9. The van der Waals surface area contributed by atoms with Crippen molar-refractivity contribution < 1.29 is 23.8 Å². The Balaban J connectivity index is 1.97. The Bertz CT molecular complexity index is 834. The van der Waals surface area contributed by atoms with Gasteiger partial charge in [-0.15, -0.1) is 11.3 Å². The number of carbonyl (C=O) groups excluding carboxylic acids is 2. The summed E-state index contributed by atoms with van der Waals surface area (Å²) in [6.07, 6.45) is 0.0192. The van der Waals surface area contributed by atoms with E-state index in [9.17, 15) is 14.7 Å². The molecule has 1 N–H and O–H groups in total. The number of aliphatic hydroxyl groups excluding tert-OH is 1. The highest BCUT2D eigenvalue weighted by Crippen LogP contribution is 2.39. The summed E-state index contributed by atoms with van der Waals surface area (Å²) in [4.78, 5) is 27.4. The van der Waals surface area contributed by atoms with Crippen molar-refractivity contribution in [1.82, 2.24) is 4.90 Å². The number of Topliss-reactive ketones (excluding diaryl/α,β-unsaturated/α-hetero) is 1. The molecule has 0 aliphatic carbocycles. The molecule has 0 saturated heterocycles. The monoisotopic (exact) mass is 375 g/mol. The number of aryl methyl sites for hydroxylation is 1. The van der Waals surface area contributed by atoms with E-state index in [1.165, 1.54) is 16.2 Å². The molecule has 2 aromatic heterocycles. The molecule has 1 atom stereocenters. The lowest BCUT2D eigenvalue weighted by atomic mass is 10.0. The fourth-order valence-corrected chi connectivity index (χ4v) is 3.62. The molecule has 2 aromatic rings. The highest BCUT2D eigenvalue weighted by atomic mass is 32.1. The van der Waals surface area contributed by atoms with E-state index >= 15 is 0 Å². The average Bonchev–Trinajstić information content (AvgIpc) is 3.30. The second kappa shape index (κ2) is 7.47. The fourth-order valence-electron chi connectivity index (χ4n) is 2.94. The Hall–Kier alpha value is -2.38. The SMILES string of the molecule is Cc1ccc(C2C(C(=O)c3cccs3)=C(O)C(=O)N2CCOC(C)C)o1. The molecular weight excluding hydrogens is 354 g/mol.